The van der Waals surface area contributed by atoms with Crippen LogP contribution in [-0.2, 0) is 23.7 Å². The molecule has 0 saturated heterocycles. The smallest absolute Gasteiger partial charge is 0.115 e. The fraction of sp³-hybridized carbons (Fsp3) is 1.00. The Morgan fingerprint density at radius 2 is 0.625 bits per heavy atom. The quantitative estimate of drug-likeness (QED) is 0.249. The highest BCUT2D eigenvalue weighted by Crippen LogP contribution is 2.33. The molecule has 5 unspecified atom stereocenters. The van der Waals surface area contributed by atoms with Crippen LogP contribution >= 0.6 is 0 Å². The third kappa shape index (κ3) is 10.4. The zero-order valence-corrected chi connectivity index (χ0v) is 21.6. The lowest BCUT2D eigenvalue weighted by Gasteiger charge is -2.48. The van der Waals surface area contributed by atoms with Crippen molar-refractivity contribution in [1.82, 2.24) is 0 Å². The first-order chi connectivity index (χ1) is 15.7. The van der Waals surface area contributed by atoms with Crippen molar-refractivity contribution in [2.45, 2.75) is 135 Å². The molecule has 0 aromatic heterocycles. The molecule has 1 fully saturated rings. The van der Waals surface area contributed by atoms with E-state index in [2.05, 4.69) is 34.6 Å². The van der Waals surface area contributed by atoms with Crippen LogP contribution in [0.25, 0.3) is 0 Å². The molecule has 0 aromatic rings. The van der Waals surface area contributed by atoms with E-state index >= 15 is 0 Å². The van der Waals surface area contributed by atoms with Crippen molar-refractivity contribution >= 4 is 0 Å². The molecule has 6 heteroatoms. The first-order valence-electron chi connectivity index (χ1n) is 13.4. The molecule has 0 radical (unpaired) electrons. The molecule has 0 aliphatic heterocycles. The number of unbranched alkanes of at least 4 members (excludes halogenated alkanes) is 5. The topological polar surface area (TPSA) is 66.4 Å². The third-order valence-electron chi connectivity index (χ3n) is 6.01. The Morgan fingerprint density at radius 3 is 0.875 bits per heavy atom. The van der Waals surface area contributed by atoms with Crippen molar-refractivity contribution < 1.29 is 28.8 Å². The van der Waals surface area contributed by atoms with Crippen LogP contribution in [0.15, 0.2) is 0 Å². The van der Waals surface area contributed by atoms with Gasteiger partial charge in [-0.15, -0.1) is 0 Å². The maximum absolute atomic E-state index is 11.4. The van der Waals surface area contributed by atoms with Crippen LogP contribution in [0.4, 0.5) is 0 Å². The zero-order valence-electron chi connectivity index (χ0n) is 21.6. The number of ether oxygens (including phenoxy) is 5. The minimum atomic E-state index is -0.812. The minimum absolute atomic E-state index is 0.322. The fourth-order valence-corrected chi connectivity index (χ4v) is 3.91. The average Bonchev–Trinajstić information content (AvgIpc) is 2.79. The molecule has 0 aromatic carbocycles. The SMILES string of the molecule is CCCCOC1C(O)C(OCCCC)[C@H](OCCCC)C(OCCCC)C1OCCCC. The van der Waals surface area contributed by atoms with Crippen molar-refractivity contribution in [3.8, 4) is 0 Å². The van der Waals surface area contributed by atoms with Crippen LogP contribution in [0.2, 0.25) is 0 Å². The van der Waals surface area contributed by atoms with Crippen molar-refractivity contribution in [2.75, 3.05) is 33.0 Å². The normalized spacial score (nSPS) is 28.3. The molecule has 192 valence electrons. The lowest BCUT2D eigenvalue weighted by Crippen LogP contribution is -2.67. The fourth-order valence-electron chi connectivity index (χ4n) is 3.91. The molecule has 6 nitrogen and oxygen atoms in total. The summed E-state index contributed by atoms with van der Waals surface area (Å²) in [5, 5.41) is 11.4. The summed E-state index contributed by atoms with van der Waals surface area (Å²) >= 11 is 0. The summed E-state index contributed by atoms with van der Waals surface area (Å²) < 4.78 is 31.6. The second kappa shape index (κ2) is 19.1. The number of aliphatic hydroxyl groups excluding tert-OH is 1. The number of aliphatic hydroxyl groups is 1. The molecule has 0 heterocycles. The van der Waals surface area contributed by atoms with E-state index in [1.165, 1.54) is 0 Å². The molecule has 1 N–H and O–H groups in total. The molecule has 0 spiro atoms. The Bertz CT molecular complexity index is 389. The van der Waals surface area contributed by atoms with Crippen LogP contribution in [0, 0.1) is 0 Å². The number of hydrogen-bond donors (Lipinski definition) is 1. The number of hydrogen-bond acceptors (Lipinski definition) is 6. The highest BCUT2D eigenvalue weighted by Gasteiger charge is 2.53. The molecular formula is C26H52O6. The molecule has 1 rings (SSSR count). The van der Waals surface area contributed by atoms with Gasteiger partial charge in [-0.25, -0.2) is 0 Å². The standard InChI is InChI=1S/C26H52O6/c1-6-11-16-28-22-21(27)23(29-17-12-7-2)25(31-19-14-9-4)26(32-20-15-10-5)24(22)30-18-13-8-3/h21-27H,6-20H2,1-5H3/t21?,22?,23?,24-,25?,26?/m0/s1. The summed E-state index contributed by atoms with van der Waals surface area (Å²) in [6.45, 7) is 13.8. The molecule has 1 saturated carbocycles. The predicted molar refractivity (Wildman–Crippen MR) is 129 cm³/mol. The second-order valence-corrected chi connectivity index (χ2v) is 8.94. The Morgan fingerprint density at radius 1 is 0.406 bits per heavy atom. The monoisotopic (exact) mass is 460 g/mol. The Hall–Kier alpha value is -0.240. The van der Waals surface area contributed by atoms with E-state index in [0.717, 1.165) is 64.2 Å². The zero-order chi connectivity index (χ0) is 23.6. The van der Waals surface area contributed by atoms with Gasteiger partial charge in [0, 0.05) is 33.0 Å². The van der Waals surface area contributed by atoms with Crippen LogP contribution in [0.3, 0.4) is 0 Å². The first kappa shape index (κ1) is 29.8. The van der Waals surface area contributed by atoms with Gasteiger partial charge in [0.1, 0.15) is 36.6 Å². The van der Waals surface area contributed by atoms with Crippen LogP contribution in [0.1, 0.15) is 98.8 Å². The Balaban J connectivity index is 3.16. The lowest BCUT2D eigenvalue weighted by molar-refractivity contribution is -0.274. The molecule has 6 atom stereocenters. The van der Waals surface area contributed by atoms with Gasteiger partial charge in [0.05, 0.1) is 0 Å². The highest BCUT2D eigenvalue weighted by molar-refractivity contribution is 5.03. The maximum Gasteiger partial charge on any atom is 0.115 e. The van der Waals surface area contributed by atoms with Crippen LogP contribution < -0.4 is 0 Å². The Labute approximate surface area is 197 Å². The number of rotatable bonds is 20. The highest BCUT2D eigenvalue weighted by atomic mass is 16.6. The van der Waals surface area contributed by atoms with Crippen molar-refractivity contribution in [2.24, 2.45) is 0 Å². The minimum Gasteiger partial charge on any atom is -0.387 e. The van der Waals surface area contributed by atoms with Crippen molar-refractivity contribution in [3.63, 3.8) is 0 Å². The first-order valence-corrected chi connectivity index (χ1v) is 13.4. The van der Waals surface area contributed by atoms with Gasteiger partial charge >= 0.3 is 0 Å². The third-order valence-corrected chi connectivity index (χ3v) is 6.01. The van der Waals surface area contributed by atoms with E-state index in [0.29, 0.717) is 33.0 Å². The summed E-state index contributed by atoms with van der Waals surface area (Å²) in [5.74, 6) is 0. The van der Waals surface area contributed by atoms with E-state index in [1.54, 1.807) is 0 Å². The van der Waals surface area contributed by atoms with Gasteiger partial charge in [0.25, 0.3) is 0 Å². The molecule has 0 amide bonds. The van der Waals surface area contributed by atoms with Gasteiger partial charge < -0.3 is 28.8 Å². The largest absolute Gasteiger partial charge is 0.387 e. The van der Waals surface area contributed by atoms with Gasteiger partial charge in [-0.2, -0.15) is 0 Å². The van der Waals surface area contributed by atoms with Gasteiger partial charge in [-0.05, 0) is 32.1 Å². The lowest BCUT2D eigenvalue weighted by atomic mass is 9.83. The van der Waals surface area contributed by atoms with Gasteiger partial charge in [-0.3, -0.25) is 0 Å². The van der Waals surface area contributed by atoms with E-state index in [4.69, 9.17) is 23.7 Å². The van der Waals surface area contributed by atoms with E-state index in [-0.39, 0.29) is 18.3 Å². The van der Waals surface area contributed by atoms with E-state index in [9.17, 15) is 5.11 Å². The van der Waals surface area contributed by atoms with Crippen molar-refractivity contribution in [1.29, 1.82) is 0 Å². The van der Waals surface area contributed by atoms with Gasteiger partial charge in [-0.1, -0.05) is 66.7 Å². The van der Waals surface area contributed by atoms with Crippen LogP contribution in [0.5, 0.6) is 0 Å². The molecule has 32 heavy (non-hydrogen) atoms. The van der Waals surface area contributed by atoms with Crippen LogP contribution in [-0.4, -0.2) is 74.8 Å². The van der Waals surface area contributed by atoms with E-state index in [1.807, 2.05) is 0 Å². The summed E-state index contributed by atoms with van der Waals surface area (Å²) in [6, 6.07) is 0. The summed E-state index contributed by atoms with van der Waals surface area (Å²) in [4.78, 5) is 0. The van der Waals surface area contributed by atoms with Crippen molar-refractivity contribution in [3.05, 3.63) is 0 Å². The summed E-state index contributed by atoms with van der Waals surface area (Å²) in [5.41, 5.74) is 0. The van der Waals surface area contributed by atoms with Gasteiger partial charge in [0.2, 0.25) is 0 Å². The molecule has 1 aliphatic rings. The van der Waals surface area contributed by atoms with E-state index < -0.39 is 18.3 Å². The molecule has 1 aliphatic carbocycles. The summed E-state index contributed by atoms with van der Waals surface area (Å²) in [6.07, 6.45) is 7.21. The Kier molecular flexibility index (Phi) is 17.8. The average molecular weight is 461 g/mol. The van der Waals surface area contributed by atoms with Gasteiger partial charge in [0.15, 0.2) is 0 Å². The second-order valence-electron chi connectivity index (χ2n) is 8.94. The molecular weight excluding hydrogens is 408 g/mol. The predicted octanol–water partition coefficient (Wildman–Crippen LogP) is 5.29. The molecule has 0 bridgehead atoms. The maximum atomic E-state index is 11.4. The summed E-state index contributed by atoms with van der Waals surface area (Å²) in [7, 11) is 0.